The number of Topliss-reactive ketones (excluding diaryl/α,β-unsaturated/α-hetero) is 1. The third-order valence-corrected chi connectivity index (χ3v) is 5.90. The van der Waals surface area contributed by atoms with Gasteiger partial charge >= 0.3 is 0 Å². The van der Waals surface area contributed by atoms with Gasteiger partial charge in [0.2, 0.25) is 5.36 Å². The maximum absolute atomic E-state index is 12.8. The van der Waals surface area contributed by atoms with Crippen molar-refractivity contribution >= 4 is 22.6 Å². The molecule has 2 aromatic carbocycles. The first kappa shape index (κ1) is 15.4. The highest BCUT2D eigenvalue weighted by Gasteiger charge is 2.30. The Balaban J connectivity index is 1.62. The van der Waals surface area contributed by atoms with Crippen molar-refractivity contribution in [1.29, 1.82) is 0 Å². The molecule has 0 N–H and O–H groups in total. The Morgan fingerprint density at radius 2 is 1.88 bits per heavy atom. The van der Waals surface area contributed by atoms with Crippen LogP contribution in [0.4, 0.5) is 5.69 Å². The Morgan fingerprint density at radius 1 is 1.04 bits per heavy atom. The van der Waals surface area contributed by atoms with E-state index in [1.54, 1.807) is 0 Å². The highest BCUT2D eigenvalue weighted by molar-refractivity contribution is 6.51. The summed E-state index contributed by atoms with van der Waals surface area (Å²) >= 11 is 0. The van der Waals surface area contributed by atoms with Gasteiger partial charge in [-0.15, -0.1) is 0 Å². The van der Waals surface area contributed by atoms with Crippen molar-refractivity contribution in [2.24, 2.45) is 0 Å². The maximum atomic E-state index is 12.8. The minimum absolute atomic E-state index is 0.118. The van der Waals surface area contributed by atoms with E-state index < -0.39 is 0 Å². The standard InChI is InChI=1S/C22H20N2O2/c1-23-9-7-13-11-15(3-5-17(13)23)19-21(25)20(22(19)26)16-4-6-18-14(12-16)8-10-24(18)2/h3-6,11-12H,7-10H2,1-2H3. The molecule has 1 aliphatic carbocycles. The van der Waals surface area contributed by atoms with E-state index in [4.69, 9.17) is 0 Å². The lowest BCUT2D eigenvalue weighted by atomic mass is 9.81. The van der Waals surface area contributed by atoms with E-state index in [-0.39, 0.29) is 11.5 Å². The first-order valence-electron chi connectivity index (χ1n) is 9.07. The van der Waals surface area contributed by atoms with Gasteiger partial charge in [-0.05, 0) is 47.0 Å². The van der Waals surface area contributed by atoms with Gasteiger partial charge in [-0.1, -0.05) is 11.8 Å². The minimum atomic E-state index is -0.118. The number of benzene rings is 2. The Hall–Kier alpha value is -2.88. The van der Waals surface area contributed by atoms with Gasteiger partial charge in [-0.3, -0.25) is 4.79 Å². The van der Waals surface area contributed by atoms with Gasteiger partial charge in [0.15, 0.2) is 5.78 Å². The normalized spacial score (nSPS) is 20.5. The number of allylic oxidation sites excluding steroid dienone is 2. The van der Waals surface area contributed by atoms with E-state index in [0.717, 1.165) is 36.7 Å². The summed E-state index contributed by atoms with van der Waals surface area (Å²) in [5, 5.41) is 14.7. The van der Waals surface area contributed by atoms with Crippen LogP contribution in [0.25, 0.3) is 11.1 Å². The Morgan fingerprint density at radius 3 is 2.69 bits per heavy atom. The van der Waals surface area contributed by atoms with Gasteiger partial charge in [-0.2, -0.15) is 0 Å². The second kappa shape index (κ2) is 5.31. The summed E-state index contributed by atoms with van der Waals surface area (Å²) < 4.78 is 2.20. The highest BCUT2D eigenvalue weighted by atomic mass is 16.3. The fourth-order valence-electron chi connectivity index (χ4n) is 4.36. The zero-order chi connectivity index (χ0) is 18.0. The molecule has 0 fully saturated rings. The average molecular weight is 344 g/mol. The number of hydrogen-bond donors (Lipinski definition) is 0. The van der Waals surface area contributed by atoms with Crippen molar-refractivity contribution in [2.45, 2.75) is 12.8 Å². The molecule has 3 aliphatic rings. The summed E-state index contributed by atoms with van der Waals surface area (Å²) in [5.74, 6) is -0.236. The van der Waals surface area contributed by atoms with Gasteiger partial charge in [0, 0.05) is 48.5 Å². The molecule has 2 heterocycles. The van der Waals surface area contributed by atoms with E-state index in [9.17, 15) is 9.90 Å². The van der Waals surface area contributed by atoms with Gasteiger partial charge in [0.1, 0.15) is 13.6 Å². The smallest absolute Gasteiger partial charge is 0.203 e. The first-order chi connectivity index (χ1) is 12.5. The van der Waals surface area contributed by atoms with Crippen molar-refractivity contribution in [3.8, 4) is 0 Å². The summed E-state index contributed by atoms with van der Waals surface area (Å²) in [7, 11) is 4.13. The molecule has 0 saturated heterocycles. The lowest BCUT2D eigenvalue weighted by molar-refractivity contribution is -0.292. The van der Waals surface area contributed by atoms with Gasteiger partial charge in [-0.25, -0.2) is 4.58 Å². The third kappa shape index (κ3) is 2.02. The van der Waals surface area contributed by atoms with Crippen LogP contribution in [0.1, 0.15) is 16.7 Å². The van der Waals surface area contributed by atoms with Gasteiger partial charge < -0.3 is 10.0 Å². The lowest BCUT2D eigenvalue weighted by Gasteiger charge is -2.31. The molecule has 0 atom stereocenters. The van der Waals surface area contributed by atoms with Crippen LogP contribution in [-0.2, 0) is 17.6 Å². The molecule has 2 aliphatic heterocycles. The van der Waals surface area contributed by atoms with Crippen LogP contribution in [0.2, 0.25) is 0 Å². The number of anilines is 1. The van der Waals surface area contributed by atoms with E-state index in [0.29, 0.717) is 11.1 Å². The molecule has 0 unspecified atom stereocenters. The van der Waals surface area contributed by atoms with Crippen molar-refractivity contribution < 1.29 is 9.90 Å². The molecule has 4 heteroatoms. The van der Waals surface area contributed by atoms with Crippen molar-refractivity contribution in [3.05, 3.63) is 69.4 Å². The summed E-state index contributed by atoms with van der Waals surface area (Å²) in [6, 6.07) is 11.9. The second-order valence-corrected chi connectivity index (χ2v) is 7.44. The number of ketones is 1. The van der Waals surface area contributed by atoms with Crippen molar-refractivity contribution in [3.63, 3.8) is 0 Å². The monoisotopic (exact) mass is 344 g/mol. The largest absolute Gasteiger partial charge is 0.871 e. The van der Waals surface area contributed by atoms with Crippen LogP contribution in [0.15, 0.2) is 42.2 Å². The SMILES string of the molecule is CN1CCc2cc(C3=C([O-])C(=c4ccc5c(c4)CC[N+]=5C)C3=O)ccc21. The molecule has 0 aromatic heterocycles. The van der Waals surface area contributed by atoms with Crippen LogP contribution in [0.5, 0.6) is 0 Å². The molecule has 2 aromatic rings. The molecule has 5 rings (SSSR count). The highest BCUT2D eigenvalue weighted by Crippen LogP contribution is 2.37. The maximum Gasteiger partial charge on any atom is 0.203 e. The zero-order valence-corrected chi connectivity index (χ0v) is 15.0. The molecule has 0 amide bonds. The van der Waals surface area contributed by atoms with E-state index in [1.165, 1.54) is 22.2 Å². The molecule has 0 bridgehead atoms. The molecular weight excluding hydrogens is 324 g/mol. The number of likely N-dealkylation sites (N-methyl/N-ethyl adjacent to an activating group) is 2. The van der Waals surface area contributed by atoms with Gasteiger partial charge in [0.25, 0.3) is 0 Å². The molecule has 0 spiro atoms. The predicted molar refractivity (Wildman–Crippen MR) is 100 cm³/mol. The summed E-state index contributed by atoms with van der Waals surface area (Å²) in [6.07, 6.45) is 1.93. The summed E-state index contributed by atoms with van der Waals surface area (Å²) in [4.78, 5) is 15.0. The second-order valence-electron chi connectivity index (χ2n) is 7.44. The van der Waals surface area contributed by atoms with Crippen LogP contribution in [0, 0.1) is 0 Å². The number of carbonyl (C=O) groups is 1. The molecular formula is C22H20N2O2. The third-order valence-electron chi connectivity index (χ3n) is 5.90. The van der Waals surface area contributed by atoms with Crippen LogP contribution >= 0.6 is 0 Å². The number of hydrogen-bond acceptors (Lipinski definition) is 3. The van der Waals surface area contributed by atoms with E-state index in [2.05, 4.69) is 23.6 Å². The van der Waals surface area contributed by atoms with Crippen LogP contribution in [-0.4, -0.2) is 33.0 Å². The van der Waals surface area contributed by atoms with Gasteiger partial charge in [0.05, 0.1) is 0 Å². The Kier molecular flexibility index (Phi) is 3.14. The topological polar surface area (TPSA) is 46.4 Å². The molecule has 130 valence electrons. The van der Waals surface area contributed by atoms with Crippen molar-refractivity contribution in [2.75, 3.05) is 32.1 Å². The van der Waals surface area contributed by atoms with Crippen LogP contribution < -0.4 is 25.2 Å². The number of carbonyl (C=O) groups excluding carboxylic acids is 1. The lowest BCUT2D eigenvalue weighted by Crippen LogP contribution is -2.33. The van der Waals surface area contributed by atoms with Crippen LogP contribution in [0.3, 0.4) is 0 Å². The average Bonchev–Trinajstić information content (AvgIpc) is 3.18. The zero-order valence-electron chi connectivity index (χ0n) is 15.0. The molecule has 26 heavy (non-hydrogen) atoms. The number of nitrogens with zero attached hydrogens (tertiary/aromatic N) is 2. The fourth-order valence-corrected chi connectivity index (χ4v) is 4.36. The fraction of sp³-hybridized carbons (Fsp3) is 0.273. The summed E-state index contributed by atoms with van der Waals surface area (Å²) in [5.41, 5.74) is 5.07. The van der Waals surface area contributed by atoms with E-state index >= 15 is 0 Å². The Bertz CT molecular complexity index is 1140. The number of fused-ring (bicyclic) bond motifs is 2. The minimum Gasteiger partial charge on any atom is -0.871 e. The summed E-state index contributed by atoms with van der Waals surface area (Å²) in [6.45, 7) is 1.97. The van der Waals surface area contributed by atoms with E-state index in [1.807, 2.05) is 36.4 Å². The first-order valence-corrected chi connectivity index (χ1v) is 9.07. The Labute approximate surface area is 152 Å². The quantitative estimate of drug-likeness (QED) is 0.677. The predicted octanol–water partition coefficient (Wildman–Crippen LogP) is -0.139. The molecule has 0 radical (unpaired) electrons. The molecule has 0 saturated carbocycles. The molecule has 4 nitrogen and oxygen atoms in total. The van der Waals surface area contributed by atoms with Crippen molar-refractivity contribution in [1.82, 2.24) is 4.58 Å². The number of rotatable bonds is 1.